The molecule has 1 amide bonds. The minimum Gasteiger partial charge on any atom is -0.444 e. The fourth-order valence-electron chi connectivity index (χ4n) is 4.22. The number of nitriles is 1. The summed E-state index contributed by atoms with van der Waals surface area (Å²) in [6.45, 7) is 16.5. The van der Waals surface area contributed by atoms with E-state index in [4.69, 9.17) is 21.7 Å². The van der Waals surface area contributed by atoms with E-state index in [9.17, 15) is 10.1 Å². The Kier molecular flexibility index (Phi) is 10.2. The summed E-state index contributed by atoms with van der Waals surface area (Å²) in [6, 6.07) is 9.57. The van der Waals surface area contributed by atoms with Gasteiger partial charge in [-0.05, 0) is 57.0 Å². The first kappa shape index (κ1) is 30.5. The molecule has 2 N–H and O–H groups in total. The molecule has 0 unspecified atom stereocenters. The molecule has 1 aromatic carbocycles. The van der Waals surface area contributed by atoms with E-state index in [-0.39, 0.29) is 6.09 Å². The van der Waals surface area contributed by atoms with Crippen LogP contribution in [0.4, 0.5) is 10.6 Å². The van der Waals surface area contributed by atoms with Gasteiger partial charge in [-0.1, -0.05) is 30.8 Å². The third-order valence-electron chi connectivity index (χ3n) is 6.43. The number of anilines is 1. The first-order chi connectivity index (χ1) is 18.9. The molecule has 0 spiro atoms. The number of halogens is 1. The highest BCUT2D eigenvalue weighted by atomic mass is 35.5. The van der Waals surface area contributed by atoms with Crippen molar-refractivity contribution >= 4 is 29.3 Å². The molecule has 212 valence electrons. The Balaban J connectivity index is 1.66. The normalized spacial score (nSPS) is 13.3. The fourth-order valence-corrected chi connectivity index (χ4v) is 4.49. The van der Waals surface area contributed by atoms with Gasteiger partial charge in [-0.15, -0.1) is 0 Å². The molecule has 1 fully saturated rings. The van der Waals surface area contributed by atoms with E-state index in [1.165, 1.54) is 0 Å². The van der Waals surface area contributed by atoms with Crippen molar-refractivity contribution in [1.29, 1.82) is 10.7 Å². The molecule has 1 saturated heterocycles. The molecule has 0 aliphatic carbocycles. The second kappa shape index (κ2) is 13.4. The van der Waals surface area contributed by atoms with Gasteiger partial charge in [0.2, 0.25) is 0 Å². The molecule has 2 aromatic rings. The standard InChI is InChI=1S/C30H38ClN7O2/c1-7-21(2)34-11-8-12-36(6)27(33)25-10-9-22(18-26(25)31)24-17-23(19-32)28(35-20-24)37-13-15-38(16-14-37)29(39)40-30(3,4)5/h7,9-10,17-18,20,33-34H,1-2,8,11-16H2,3-6H3. The third-order valence-corrected chi connectivity index (χ3v) is 6.74. The van der Waals surface area contributed by atoms with Crippen molar-refractivity contribution in [2.24, 2.45) is 0 Å². The maximum atomic E-state index is 12.4. The number of pyridine rings is 1. The summed E-state index contributed by atoms with van der Waals surface area (Å²) in [6.07, 6.45) is 3.89. The van der Waals surface area contributed by atoms with Crippen molar-refractivity contribution in [2.75, 3.05) is 51.2 Å². The number of aromatic nitrogens is 1. The highest BCUT2D eigenvalue weighted by Crippen LogP contribution is 2.29. The number of hydrogen-bond donors (Lipinski definition) is 2. The molecule has 1 aromatic heterocycles. The van der Waals surface area contributed by atoms with Crippen LogP contribution in [0.25, 0.3) is 11.1 Å². The zero-order valence-corrected chi connectivity index (χ0v) is 24.5. The van der Waals surface area contributed by atoms with Crippen LogP contribution in [0.3, 0.4) is 0 Å². The van der Waals surface area contributed by atoms with Crippen molar-refractivity contribution in [2.45, 2.75) is 32.8 Å². The van der Waals surface area contributed by atoms with Gasteiger partial charge in [-0.3, -0.25) is 5.41 Å². The Morgan fingerprint density at radius 3 is 2.58 bits per heavy atom. The van der Waals surface area contributed by atoms with Gasteiger partial charge in [-0.2, -0.15) is 5.26 Å². The lowest BCUT2D eigenvalue weighted by molar-refractivity contribution is 0.0240. The largest absolute Gasteiger partial charge is 0.444 e. The average Bonchev–Trinajstić information content (AvgIpc) is 2.93. The van der Waals surface area contributed by atoms with Crippen LogP contribution < -0.4 is 10.2 Å². The van der Waals surface area contributed by atoms with Gasteiger partial charge in [-0.25, -0.2) is 9.78 Å². The first-order valence-corrected chi connectivity index (χ1v) is 13.6. The summed E-state index contributed by atoms with van der Waals surface area (Å²) < 4.78 is 5.47. The SMILES string of the molecule is C=CC(=C)NCCCN(C)C(=N)c1ccc(-c2cnc(N3CCN(C(=O)OC(C)(C)C)CC3)c(C#N)c2)cc1Cl. The van der Waals surface area contributed by atoms with E-state index in [1.54, 1.807) is 29.3 Å². The number of allylic oxidation sites excluding steroid dienone is 1. The number of amidine groups is 1. The molecule has 0 bridgehead atoms. The quantitative estimate of drug-likeness (QED) is 0.185. The van der Waals surface area contributed by atoms with E-state index >= 15 is 0 Å². The lowest BCUT2D eigenvalue weighted by Gasteiger charge is -2.36. The Bertz CT molecular complexity index is 1300. The Hall–Kier alpha value is -4.03. The molecule has 9 nitrogen and oxygen atoms in total. The van der Waals surface area contributed by atoms with Gasteiger partial charge in [0.05, 0.1) is 10.6 Å². The molecule has 40 heavy (non-hydrogen) atoms. The minimum atomic E-state index is -0.546. The van der Waals surface area contributed by atoms with Gasteiger partial charge in [0, 0.05) is 69.3 Å². The van der Waals surface area contributed by atoms with Crippen molar-refractivity contribution < 1.29 is 9.53 Å². The highest BCUT2D eigenvalue weighted by Gasteiger charge is 2.27. The van der Waals surface area contributed by atoms with Gasteiger partial charge >= 0.3 is 6.09 Å². The van der Waals surface area contributed by atoms with E-state index in [1.807, 2.05) is 49.8 Å². The van der Waals surface area contributed by atoms with Crippen molar-refractivity contribution in [3.8, 4) is 17.2 Å². The number of carbonyl (C=O) groups excluding carboxylic acids is 1. The van der Waals surface area contributed by atoms with Crippen molar-refractivity contribution in [3.63, 3.8) is 0 Å². The fraction of sp³-hybridized carbons (Fsp3) is 0.400. The summed E-state index contributed by atoms with van der Waals surface area (Å²) in [4.78, 5) is 22.5. The predicted molar refractivity (Wildman–Crippen MR) is 161 cm³/mol. The molecule has 1 aliphatic rings. The molecule has 3 rings (SSSR count). The monoisotopic (exact) mass is 563 g/mol. The Morgan fingerprint density at radius 1 is 1.27 bits per heavy atom. The van der Waals surface area contributed by atoms with Crippen LogP contribution in [-0.4, -0.2) is 78.6 Å². The van der Waals surface area contributed by atoms with Crippen molar-refractivity contribution in [3.05, 3.63) is 71.5 Å². The predicted octanol–water partition coefficient (Wildman–Crippen LogP) is 5.27. The third kappa shape index (κ3) is 7.99. The van der Waals surface area contributed by atoms with E-state index in [0.29, 0.717) is 60.5 Å². The zero-order chi connectivity index (χ0) is 29.4. The first-order valence-electron chi connectivity index (χ1n) is 13.2. The van der Waals surface area contributed by atoms with Gasteiger partial charge in [0.15, 0.2) is 0 Å². The number of carbonyl (C=O) groups is 1. The second-order valence-electron chi connectivity index (χ2n) is 10.6. The topological polar surface area (TPSA) is 109 Å². The molecule has 0 saturated carbocycles. The van der Waals surface area contributed by atoms with Crippen LogP contribution in [0.5, 0.6) is 0 Å². The van der Waals surface area contributed by atoms with Crippen LogP contribution in [0.2, 0.25) is 5.02 Å². The minimum absolute atomic E-state index is 0.329. The van der Waals surface area contributed by atoms with Crippen LogP contribution in [0.15, 0.2) is 55.4 Å². The van der Waals surface area contributed by atoms with Crippen LogP contribution >= 0.6 is 11.6 Å². The van der Waals surface area contributed by atoms with E-state index < -0.39 is 5.60 Å². The summed E-state index contributed by atoms with van der Waals surface area (Å²) in [5, 5.41) is 22.1. The maximum absolute atomic E-state index is 12.4. The summed E-state index contributed by atoms with van der Waals surface area (Å²) in [5.74, 6) is 0.920. The maximum Gasteiger partial charge on any atom is 0.410 e. The molecule has 0 atom stereocenters. The Morgan fingerprint density at radius 2 is 1.98 bits per heavy atom. The summed E-state index contributed by atoms with van der Waals surface area (Å²) >= 11 is 6.61. The Labute approximate surface area is 242 Å². The number of piperazine rings is 1. The van der Waals surface area contributed by atoms with Gasteiger partial charge in [0.25, 0.3) is 0 Å². The van der Waals surface area contributed by atoms with Gasteiger partial charge < -0.3 is 24.8 Å². The summed E-state index contributed by atoms with van der Waals surface area (Å²) in [7, 11) is 1.87. The molecular formula is C30H38ClN7O2. The number of hydrogen-bond acceptors (Lipinski definition) is 7. The lowest BCUT2D eigenvalue weighted by Crippen LogP contribution is -2.50. The highest BCUT2D eigenvalue weighted by molar-refractivity contribution is 6.34. The second-order valence-corrected chi connectivity index (χ2v) is 11.0. The smallest absolute Gasteiger partial charge is 0.410 e. The average molecular weight is 564 g/mol. The number of nitrogens with zero attached hydrogens (tertiary/aromatic N) is 5. The molecule has 2 heterocycles. The number of nitrogens with one attached hydrogen (secondary N) is 2. The van der Waals surface area contributed by atoms with Crippen molar-refractivity contribution in [1.82, 2.24) is 20.1 Å². The van der Waals surface area contributed by atoms with Crippen LogP contribution in [-0.2, 0) is 4.74 Å². The number of ether oxygens (including phenoxy) is 1. The zero-order valence-electron chi connectivity index (χ0n) is 23.8. The molecular weight excluding hydrogens is 526 g/mol. The molecule has 0 radical (unpaired) electrons. The van der Waals surface area contributed by atoms with Crippen LogP contribution in [0.1, 0.15) is 38.3 Å². The van der Waals surface area contributed by atoms with Crippen LogP contribution in [0, 0.1) is 16.7 Å². The number of rotatable bonds is 9. The molecule has 1 aliphatic heterocycles. The molecule has 10 heteroatoms. The van der Waals surface area contributed by atoms with E-state index in [0.717, 1.165) is 29.8 Å². The number of benzene rings is 1. The van der Waals surface area contributed by atoms with E-state index in [2.05, 4.69) is 29.5 Å². The van der Waals surface area contributed by atoms with Gasteiger partial charge in [0.1, 0.15) is 23.3 Å². The number of amides is 1. The summed E-state index contributed by atoms with van der Waals surface area (Å²) in [5.41, 5.74) is 2.87. The lowest BCUT2D eigenvalue weighted by atomic mass is 10.0.